The van der Waals surface area contributed by atoms with E-state index in [-0.39, 0.29) is 22.6 Å². The third-order valence-corrected chi connectivity index (χ3v) is 3.02. The topological polar surface area (TPSA) is 35.5 Å². The second-order valence-corrected chi connectivity index (χ2v) is 4.53. The number of hydrogen-bond donors (Lipinski definition) is 0. The Hall–Kier alpha value is -2.43. The third-order valence-electron chi connectivity index (χ3n) is 3.02. The predicted molar refractivity (Wildman–Crippen MR) is 74.1 cm³/mol. The highest BCUT2D eigenvalue weighted by Crippen LogP contribution is 2.31. The van der Waals surface area contributed by atoms with Crippen molar-refractivity contribution in [1.82, 2.24) is 0 Å². The highest BCUT2D eigenvalue weighted by Gasteiger charge is 2.19. The Morgan fingerprint density at radius 3 is 2.14 bits per heavy atom. The predicted octanol–water partition coefficient (Wildman–Crippen LogP) is 3.52. The number of aryl methyl sites for hydroxylation is 1. The molecule has 0 spiro atoms. The summed E-state index contributed by atoms with van der Waals surface area (Å²) < 4.78 is 37.4. The van der Waals surface area contributed by atoms with E-state index in [1.165, 1.54) is 32.4 Å². The van der Waals surface area contributed by atoms with E-state index in [2.05, 4.69) is 0 Å². The van der Waals surface area contributed by atoms with Crippen LogP contribution in [0.15, 0.2) is 30.3 Å². The molecule has 0 unspecified atom stereocenters. The zero-order valence-corrected chi connectivity index (χ0v) is 11.9. The van der Waals surface area contributed by atoms with Gasteiger partial charge in [0.2, 0.25) is 0 Å². The van der Waals surface area contributed by atoms with Crippen LogP contribution < -0.4 is 9.47 Å². The van der Waals surface area contributed by atoms with Gasteiger partial charge in [-0.2, -0.15) is 0 Å². The lowest BCUT2D eigenvalue weighted by atomic mass is 10.0. The number of carbonyl (C=O) groups excluding carboxylic acids is 1. The van der Waals surface area contributed by atoms with E-state index >= 15 is 0 Å². The lowest BCUT2D eigenvalue weighted by Crippen LogP contribution is -2.06. The molecule has 0 fully saturated rings. The van der Waals surface area contributed by atoms with Crippen LogP contribution in [-0.2, 0) is 0 Å². The van der Waals surface area contributed by atoms with Crippen molar-refractivity contribution in [3.8, 4) is 11.5 Å². The van der Waals surface area contributed by atoms with E-state index in [0.717, 1.165) is 12.1 Å². The van der Waals surface area contributed by atoms with Crippen molar-refractivity contribution in [3.63, 3.8) is 0 Å². The van der Waals surface area contributed by atoms with Crippen LogP contribution in [0.5, 0.6) is 11.5 Å². The van der Waals surface area contributed by atoms with E-state index in [0.29, 0.717) is 5.56 Å². The van der Waals surface area contributed by atoms with Gasteiger partial charge in [0, 0.05) is 11.6 Å². The molecule has 0 aliphatic carbocycles. The first-order valence-electron chi connectivity index (χ1n) is 6.19. The SMILES string of the molecule is COc1cc(F)c(C(=O)c2cc(C)cc(F)c2)cc1OC. The van der Waals surface area contributed by atoms with Gasteiger partial charge in [-0.05, 0) is 36.8 Å². The smallest absolute Gasteiger partial charge is 0.196 e. The van der Waals surface area contributed by atoms with Gasteiger partial charge in [0.05, 0.1) is 19.8 Å². The molecule has 2 rings (SSSR count). The molecule has 0 saturated heterocycles. The van der Waals surface area contributed by atoms with Crippen LogP contribution in [0, 0.1) is 18.6 Å². The van der Waals surface area contributed by atoms with Crippen molar-refractivity contribution in [2.24, 2.45) is 0 Å². The van der Waals surface area contributed by atoms with Gasteiger partial charge < -0.3 is 9.47 Å². The average Bonchev–Trinajstić information content (AvgIpc) is 2.45. The minimum atomic E-state index is -0.750. The molecule has 2 aromatic rings. The Bertz CT molecular complexity index is 676. The van der Waals surface area contributed by atoms with Crippen molar-refractivity contribution in [2.45, 2.75) is 6.92 Å². The summed E-state index contributed by atoms with van der Waals surface area (Å²) >= 11 is 0. The van der Waals surface area contributed by atoms with Crippen molar-refractivity contribution < 1.29 is 23.0 Å². The van der Waals surface area contributed by atoms with Crippen LogP contribution >= 0.6 is 0 Å². The number of ketones is 1. The molecule has 0 aromatic heterocycles. The first kappa shape index (κ1) is 15.0. The van der Waals surface area contributed by atoms with E-state index < -0.39 is 17.4 Å². The molecule has 0 N–H and O–H groups in total. The Morgan fingerprint density at radius 2 is 1.57 bits per heavy atom. The van der Waals surface area contributed by atoms with E-state index in [9.17, 15) is 13.6 Å². The van der Waals surface area contributed by atoms with Crippen molar-refractivity contribution in [3.05, 3.63) is 58.7 Å². The Labute approximate surface area is 121 Å². The normalized spacial score (nSPS) is 10.3. The van der Waals surface area contributed by atoms with Crippen LogP contribution in [0.4, 0.5) is 8.78 Å². The van der Waals surface area contributed by atoms with Crippen LogP contribution in [-0.4, -0.2) is 20.0 Å². The summed E-state index contributed by atoms with van der Waals surface area (Å²) in [6, 6.07) is 6.18. The molecule has 0 aliphatic heterocycles. The second-order valence-electron chi connectivity index (χ2n) is 4.53. The standard InChI is InChI=1S/C16H14F2O3/c1-9-4-10(6-11(17)5-9)16(19)12-7-14(20-2)15(21-3)8-13(12)18/h4-8H,1-3H3. The number of halogens is 2. The Kier molecular flexibility index (Phi) is 4.21. The Morgan fingerprint density at radius 1 is 0.952 bits per heavy atom. The maximum absolute atomic E-state index is 14.0. The van der Waals surface area contributed by atoms with Gasteiger partial charge in [-0.3, -0.25) is 4.79 Å². The third kappa shape index (κ3) is 3.02. The van der Waals surface area contributed by atoms with Gasteiger partial charge in [-0.15, -0.1) is 0 Å². The quantitative estimate of drug-likeness (QED) is 0.809. The molecule has 0 atom stereocenters. The first-order chi connectivity index (χ1) is 9.96. The molecule has 2 aromatic carbocycles. The molecular formula is C16H14F2O3. The van der Waals surface area contributed by atoms with Gasteiger partial charge in [0.25, 0.3) is 0 Å². The largest absolute Gasteiger partial charge is 0.493 e. The second kappa shape index (κ2) is 5.91. The maximum Gasteiger partial charge on any atom is 0.196 e. The molecule has 110 valence electrons. The molecule has 0 radical (unpaired) electrons. The molecule has 0 heterocycles. The molecule has 0 saturated carbocycles. The first-order valence-corrected chi connectivity index (χ1v) is 6.19. The van der Waals surface area contributed by atoms with Gasteiger partial charge >= 0.3 is 0 Å². The highest BCUT2D eigenvalue weighted by molar-refractivity contribution is 6.09. The summed E-state index contributed by atoms with van der Waals surface area (Å²) in [5.41, 5.74) is 0.468. The molecule has 0 aliphatic rings. The molecule has 0 amide bonds. The number of carbonyl (C=O) groups is 1. The van der Waals surface area contributed by atoms with Crippen LogP contribution in [0.25, 0.3) is 0 Å². The zero-order valence-electron chi connectivity index (χ0n) is 11.9. The number of ether oxygens (including phenoxy) is 2. The lowest BCUT2D eigenvalue weighted by Gasteiger charge is -2.10. The maximum atomic E-state index is 14.0. The van der Waals surface area contributed by atoms with Gasteiger partial charge in [0.15, 0.2) is 17.3 Å². The summed E-state index contributed by atoms with van der Waals surface area (Å²) in [6.07, 6.45) is 0. The molecule has 3 nitrogen and oxygen atoms in total. The summed E-state index contributed by atoms with van der Waals surface area (Å²) in [5, 5.41) is 0. The van der Waals surface area contributed by atoms with Crippen molar-refractivity contribution in [2.75, 3.05) is 14.2 Å². The average molecular weight is 292 g/mol. The van der Waals surface area contributed by atoms with Crippen molar-refractivity contribution in [1.29, 1.82) is 0 Å². The summed E-state index contributed by atoms with van der Waals surface area (Å²) in [5.74, 6) is -1.49. The monoisotopic (exact) mass is 292 g/mol. The molecular weight excluding hydrogens is 278 g/mol. The fraction of sp³-hybridized carbons (Fsp3) is 0.188. The minimum Gasteiger partial charge on any atom is -0.493 e. The number of rotatable bonds is 4. The number of benzene rings is 2. The van der Waals surface area contributed by atoms with E-state index in [1.807, 2.05) is 0 Å². The number of hydrogen-bond acceptors (Lipinski definition) is 3. The highest BCUT2D eigenvalue weighted by atomic mass is 19.1. The lowest BCUT2D eigenvalue weighted by molar-refractivity contribution is 0.103. The Balaban J connectivity index is 2.52. The van der Waals surface area contributed by atoms with Crippen LogP contribution in [0.2, 0.25) is 0 Å². The van der Waals surface area contributed by atoms with Gasteiger partial charge in [-0.25, -0.2) is 8.78 Å². The summed E-state index contributed by atoms with van der Waals surface area (Å²) in [4.78, 5) is 12.3. The van der Waals surface area contributed by atoms with Crippen molar-refractivity contribution >= 4 is 5.78 Å². The minimum absolute atomic E-state index is 0.0821. The van der Waals surface area contributed by atoms with Gasteiger partial charge in [0.1, 0.15) is 11.6 Å². The molecule has 0 bridgehead atoms. The van der Waals surface area contributed by atoms with Gasteiger partial charge in [-0.1, -0.05) is 0 Å². The van der Waals surface area contributed by atoms with E-state index in [1.54, 1.807) is 6.92 Å². The zero-order chi connectivity index (χ0) is 15.6. The fourth-order valence-corrected chi connectivity index (χ4v) is 2.05. The number of methoxy groups -OCH3 is 2. The van der Waals surface area contributed by atoms with Crippen LogP contribution in [0.1, 0.15) is 21.5 Å². The fourth-order valence-electron chi connectivity index (χ4n) is 2.05. The molecule has 21 heavy (non-hydrogen) atoms. The summed E-state index contributed by atoms with van der Waals surface area (Å²) in [7, 11) is 2.76. The molecule has 5 heteroatoms. The van der Waals surface area contributed by atoms with Crippen LogP contribution in [0.3, 0.4) is 0 Å². The summed E-state index contributed by atoms with van der Waals surface area (Å²) in [6.45, 7) is 1.66. The van der Waals surface area contributed by atoms with E-state index in [4.69, 9.17) is 9.47 Å².